The van der Waals surface area contributed by atoms with Crippen molar-refractivity contribution in [1.29, 1.82) is 0 Å². The molecule has 10 aromatic rings. The number of hydrogen-bond donors (Lipinski definition) is 0. The molecule has 0 bridgehead atoms. The molecule has 244 valence electrons. The highest BCUT2D eigenvalue weighted by Crippen LogP contribution is 2.48. The number of non-ortho nitro benzene ring substituents is 2. The minimum atomic E-state index is -4.77. The third kappa shape index (κ3) is 4.00. The predicted molar refractivity (Wildman–Crippen MR) is 199 cm³/mol. The van der Waals surface area contributed by atoms with Crippen LogP contribution in [0.25, 0.3) is 86.2 Å². The maximum absolute atomic E-state index is 13.8. The minimum Gasteiger partial charge on any atom is -0.352 e. The standard InChI is InChI=1S/C40H20N2O8S/c43-41(44)31-17-11-21-9-13-29-33(19-15-27-23-5-1-3-7-25(23)39(31)35(21)37(27)29)49-51(47,48)50-34-20-16-28-24-6-2-4-8-26(24)40-32(42(45)46)18-12-22-10-14-30(34)38(28)36(22)40/h1-20H. The van der Waals surface area contributed by atoms with Crippen LogP contribution in [0.4, 0.5) is 11.4 Å². The Kier molecular flexibility index (Phi) is 5.76. The highest BCUT2D eigenvalue weighted by atomic mass is 32.3. The predicted octanol–water partition coefficient (Wildman–Crippen LogP) is 10.3. The van der Waals surface area contributed by atoms with Gasteiger partial charge in [-0.15, -0.1) is 8.42 Å². The van der Waals surface area contributed by atoms with Crippen LogP contribution in [0, 0.1) is 20.2 Å². The van der Waals surface area contributed by atoms with Crippen molar-refractivity contribution >= 4 is 108 Å². The number of rotatable bonds is 6. The smallest absolute Gasteiger partial charge is 0.352 e. The molecule has 0 unspecified atom stereocenters. The van der Waals surface area contributed by atoms with Crippen LogP contribution in [-0.4, -0.2) is 18.3 Å². The van der Waals surface area contributed by atoms with E-state index in [0.717, 1.165) is 32.3 Å². The van der Waals surface area contributed by atoms with E-state index in [1.807, 2.05) is 48.5 Å². The van der Waals surface area contributed by atoms with E-state index in [4.69, 9.17) is 8.37 Å². The highest BCUT2D eigenvalue weighted by molar-refractivity contribution is 7.82. The third-order valence-electron chi connectivity index (χ3n) is 9.95. The zero-order chi connectivity index (χ0) is 34.8. The monoisotopic (exact) mass is 688 g/mol. The molecule has 0 atom stereocenters. The number of nitro benzene ring substituents is 2. The summed E-state index contributed by atoms with van der Waals surface area (Å²) in [4.78, 5) is 23.6. The van der Waals surface area contributed by atoms with Gasteiger partial charge in [-0.05, 0) is 91.6 Å². The van der Waals surface area contributed by atoms with E-state index in [2.05, 4.69) is 0 Å². The van der Waals surface area contributed by atoms with Gasteiger partial charge in [-0.1, -0.05) is 60.7 Å². The summed E-state index contributed by atoms with van der Waals surface area (Å²) < 4.78 is 38.9. The maximum Gasteiger partial charge on any atom is 0.501 e. The van der Waals surface area contributed by atoms with E-state index in [-0.39, 0.29) is 22.9 Å². The van der Waals surface area contributed by atoms with Crippen LogP contribution in [0.15, 0.2) is 121 Å². The van der Waals surface area contributed by atoms with Crippen molar-refractivity contribution in [2.75, 3.05) is 0 Å². The van der Waals surface area contributed by atoms with Gasteiger partial charge in [0.05, 0.1) is 20.6 Å². The van der Waals surface area contributed by atoms with Crippen molar-refractivity contribution in [1.82, 2.24) is 0 Å². The molecular formula is C40H20N2O8S. The summed E-state index contributed by atoms with van der Waals surface area (Å²) in [5.41, 5.74) is -0.106. The first kappa shape index (κ1) is 29.1. The van der Waals surface area contributed by atoms with E-state index in [9.17, 15) is 28.6 Å². The molecular weight excluding hydrogens is 669 g/mol. The zero-order valence-corrected chi connectivity index (χ0v) is 26.9. The lowest BCUT2D eigenvalue weighted by Gasteiger charge is -2.18. The fourth-order valence-electron chi connectivity index (χ4n) is 8.00. The maximum atomic E-state index is 13.8. The summed E-state index contributed by atoms with van der Waals surface area (Å²) >= 11 is 0. The Morgan fingerprint density at radius 1 is 0.392 bits per heavy atom. The van der Waals surface area contributed by atoms with Gasteiger partial charge in [0.25, 0.3) is 11.4 Å². The molecule has 10 aromatic carbocycles. The lowest BCUT2D eigenvalue weighted by atomic mass is 9.88. The molecule has 0 spiro atoms. The van der Waals surface area contributed by atoms with E-state index < -0.39 is 20.2 Å². The fourth-order valence-corrected chi connectivity index (χ4v) is 8.77. The van der Waals surface area contributed by atoms with Gasteiger partial charge in [0, 0.05) is 44.5 Å². The van der Waals surface area contributed by atoms with Gasteiger partial charge in [0.2, 0.25) is 0 Å². The van der Waals surface area contributed by atoms with Crippen molar-refractivity contribution in [3.05, 3.63) is 142 Å². The SMILES string of the molecule is O=[N+]([O-])c1ccc2ccc3c(OS(=O)(=O)Oc4ccc5c6ccccc6c6c([N+](=O)[O-])ccc7ccc4c5c76)ccc4c5ccccc5c1c2c34. The Morgan fingerprint density at radius 2 is 0.745 bits per heavy atom. The summed E-state index contributed by atoms with van der Waals surface area (Å²) in [6.45, 7) is 0. The number of nitrogens with zero attached hydrogens (tertiary/aromatic N) is 2. The molecule has 10 nitrogen and oxygen atoms in total. The summed E-state index contributed by atoms with van der Waals surface area (Å²) in [6.07, 6.45) is 0. The lowest BCUT2D eigenvalue weighted by molar-refractivity contribution is -0.383. The van der Waals surface area contributed by atoms with E-state index in [1.165, 1.54) is 12.1 Å². The Balaban J connectivity index is 1.16. The number of fused-ring (bicyclic) bond motifs is 6. The van der Waals surface area contributed by atoms with Crippen LogP contribution < -0.4 is 8.37 Å². The second-order valence-corrected chi connectivity index (χ2v) is 13.6. The van der Waals surface area contributed by atoms with Gasteiger partial charge in [-0.3, -0.25) is 20.2 Å². The normalized spacial score (nSPS) is 12.4. The number of hydrogen-bond acceptors (Lipinski definition) is 8. The quantitative estimate of drug-likeness (QED) is 0.0728. The highest BCUT2D eigenvalue weighted by Gasteiger charge is 2.27. The summed E-state index contributed by atoms with van der Waals surface area (Å²) in [6, 6.07) is 34.8. The number of nitro groups is 2. The van der Waals surface area contributed by atoms with Gasteiger partial charge in [0.15, 0.2) is 11.5 Å². The Bertz CT molecular complexity index is 3070. The van der Waals surface area contributed by atoms with Gasteiger partial charge in [0.1, 0.15) is 0 Å². The summed E-state index contributed by atoms with van der Waals surface area (Å²) in [5, 5.41) is 34.8. The molecule has 0 fully saturated rings. The van der Waals surface area contributed by atoms with E-state index in [1.54, 1.807) is 60.7 Å². The lowest BCUT2D eigenvalue weighted by Crippen LogP contribution is -2.17. The second-order valence-electron chi connectivity index (χ2n) is 12.5. The molecule has 0 aromatic heterocycles. The van der Waals surface area contributed by atoms with Crippen LogP contribution in [-0.2, 0) is 10.4 Å². The van der Waals surface area contributed by atoms with Crippen molar-refractivity contribution in [3.63, 3.8) is 0 Å². The third-order valence-corrected chi connectivity index (χ3v) is 10.7. The topological polar surface area (TPSA) is 139 Å². The average molecular weight is 689 g/mol. The van der Waals surface area contributed by atoms with Crippen LogP contribution in [0.2, 0.25) is 0 Å². The molecule has 0 N–H and O–H groups in total. The molecule has 0 aliphatic heterocycles. The molecule has 0 aliphatic carbocycles. The largest absolute Gasteiger partial charge is 0.501 e. The van der Waals surface area contributed by atoms with Crippen molar-refractivity contribution in [2.24, 2.45) is 0 Å². The van der Waals surface area contributed by atoms with Crippen LogP contribution in [0.5, 0.6) is 11.5 Å². The summed E-state index contributed by atoms with van der Waals surface area (Å²) in [5.74, 6) is -0.0152. The molecule has 0 radical (unpaired) electrons. The molecule has 10 rings (SSSR count). The van der Waals surface area contributed by atoms with Crippen molar-refractivity contribution in [2.45, 2.75) is 0 Å². The zero-order valence-electron chi connectivity index (χ0n) is 26.1. The van der Waals surface area contributed by atoms with Gasteiger partial charge in [-0.2, -0.15) is 0 Å². The Morgan fingerprint density at radius 3 is 1.16 bits per heavy atom. The first-order valence-corrected chi connectivity index (χ1v) is 17.2. The Labute approximate surface area is 286 Å². The summed E-state index contributed by atoms with van der Waals surface area (Å²) in [7, 11) is -4.77. The fraction of sp³-hybridized carbons (Fsp3) is 0. The van der Waals surface area contributed by atoms with Crippen molar-refractivity contribution < 1.29 is 26.6 Å². The minimum absolute atomic E-state index is 0.00758. The van der Waals surface area contributed by atoms with Gasteiger partial charge >= 0.3 is 10.4 Å². The van der Waals surface area contributed by atoms with E-state index >= 15 is 0 Å². The van der Waals surface area contributed by atoms with Crippen LogP contribution in [0.1, 0.15) is 0 Å². The van der Waals surface area contributed by atoms with E-state index in [0.29, 0.717) is 53.9 Å². The first-order valence-electron chi connectivity index (χ1n) is 15.9. The van der Waals surface area contributed by atoms with Gasteiger partial charge < -0.3 is 8.37 Å². The molecule has 0 amide bonds. The molecule has 11 heteroatoms. The molecule has 0 saturated heterocycles. The Hall–Kier alpha value is -6.85. The number of benzene rings is 10. The average Bonchev–Trinajstić information content (AvgIpc) is 3.13. The molecule has 0 saturated carbocycles. The molecule has 0 aliphatic rings. The second kappa shape index (κ2) is 10.1. The molecule has 51 heavy (non-hydrogen) atoms. The van der Waals surface area contributed by atoms with Gasteiger partial charge in [-0.25, -0.2) is 0 Å². The van der Waals surface area contributed by atoms with Crippen LogP contribution >= 0.6 is 0 Å². The van der Waals surface area contributed by atoms with Crippen LogP contribution in [0.3, 0.4) is 0 Å². The molecule has 0 heterocycles. The van der Waals surface area contributed by atoms with Crippen molar-refractivity contribution in [3.8, 4) is 11.5 Å². The first-order chi connectivity index (χ1) is 24.7.